The van der Waals surface area contributed by atoms with E-state index in [0.717, 1.165) is 28.6 Å². The molecule has 0 aliphatic heterocycles. The monoisotopic (exact) mass is 359 g/mol. The minimum atomic E-state index is 0.146. The Morgan fingerprint density at radius 2 is 2.00 bits per heavy atom. The van der Waals surface area contributed by atoms with Crippen LogP contribution in [0.25, 0.3) is 10.2 Å². The van der Waals surface area contributed by atoms with Crippen LogP contribution in [0.1, 0.15) is 29.6 Å². The molecular formula is C15H17N7S2. The van der Waals surface area contributed by atoms with Crippen LogP contribution in [0, 0.1) is 5.92 Å². The van der Waals surface area contributed by atoms with Gasteiger partial charge < -0.3 is 11.5 Å². The van der Waals surface area contributed by atoms with Gasteiger partial charge in [0.25, 0.3) is 0 Å². The molecule has 0 radical (unpaired) electrons. The van der Waals surface area contributed by atoms with E-state index in [4.69, 9.17) is 11.5 Å². The molecule has 0 saturated heterocycles. The molecule has 0 bridgehead atoms. The fourth-order valence-corrected chi connectivity index (χ4v) is 5.31. The summed E-state index contributed by atoms with van der Waals surface area (Å²) in [4.78, 5) is 23.5. The Labute approximate surface area is 147 Å². The van der Waals surface area contributed by atoms with Gasteiger partial charge in [-0.2, -0.15) is 15.0 Å². The molecule has 1 aliphatic rings. The summed E-state index contributed by atoms with van der Waals surface area (Å²) in [7, 11) is 0. The molecule has 7 nitrogen and oxygen atoms in total. The predicted molar refractivity (Wildman–Crippen MR) is 96.8 cm³/mol. The normalized spacial score (nSPS) is 17.1. The number of fused-ring (bicyclic) bond motifs is 3. The maximum Gasteiger partial charge on any atom is 0.225 e. The lowest BCUT2D eigenvalue weighted by Crippen LogP contribution is -2.08. The van der Waals surface area contributed by atoms with Gasteiger partial charge >= 0.3 is 0 Å². The molecular weight excluding hydrogens is 342 g/mol. The summed E-state index contributed by atoms with van der Waals surface area (Å²) >= 11 is 3.39. The highest BCUT2D eigenvalue weighted by molar-refractivity contribution is 7.98. The SMILES string of the molecule is C[C@H]1CCc2c(sc3ncnc(SCc4nc(N)nc(N)n4)c23)C1. The summed E-state index contributed by atoms with van der Waals surface area (Å²) in [5.41, 5.74) is 12.7. The third-order valence-corrected chi connectivity index (χ3v) is 6.26. The molecule has 0 amide bonds. The van der Waals surface area contributed by atoms with Crippen molar-refractivity contribution in [2.75, 3.05) is 11.5 Å². The van der Waals surface area contributed by atoms with Crippen molar-refractivity contribution in [3.8, 4) is 0 Å². The van der Waals surface area contributed by atoms with Crippen molar-refractivity contribution in [2.24, 2.45) is 5.92 Å². The summed E-state index contributed by atoms with van der Waals surface area (Å²) in [5, 5.41) is 2.18. The average Bonchev–Trinajstić information content (AvgIpc) is 2.89. The van der Waals surface area contributed by atoms with Crippen LogP contribution in [-0.2, 0) is 18.6 Å². The lowest BCUT2D eigenvalue weighted by molar-refractivity contribution is 0.509. The number of aromatic nitrogens is 5. The fraction of sp³-hybridized carbons (Fsp3) is 0.400. The van der Waals surface area contributed by atoms with Gasteiger partial charge in [0.2, 0.25) is 11.9 Å². The van der Waals surface area contributed by atoms with Gasteiger partial charge in [-0.15, -0.1) is 11.3 Å². The zero-order valence-corrected chi connectivity index (χ0v) is 14.8. The highest BCUT2D eigenvalue weighted by Crippen LogP contribution is 2.40. The molecule has 0 spiro atoms. The Morgan fingerprint density at radius 1 is 1.21 bits per heavy atom. The van der Waals surface area contributed by atoms with Crippen molar-refractivity contribution in [1.29, 1.82) is 0 Å². The van der Waals surface area contributed by atoms with E-state index in [1.165, 1.54) is 22.2 Å². The van der Waals surface area contributed by atoms with E-state index in [-0.39, 0.29) is 11.9 Å². The first kappa shape index (κ1) is 15.5. The Bertz CT molecular complexity index is 888. The quantitative estimate of drug-likeness (QED) is 0.541. The molecule has 3 aromatic heterocycles. The van der Waals surface area contributed by atoms with Crippen LogP contribution in [0.5, 0.6) is 0 Å². The van der Waals surface area contributed by atoms with Crippen molar-refractivity contribution in [3.05, 3.63) is 22.6 Å². The first-order valence-corrected chi connectivity index (χ1v) is 9.54. The van der Waals surface area contributed by atoms with Crippen LogP contribution in [0.4, 0.5) is 11.9 Å². The van der Waals surface area contributed by atoms with Gasteiger partial charge in [0, 0.05) is 10.3 Å². The van der Waals surface area contributed by atoms with Crippen molar-refractivity contribution in [2.45, 2.75) is 37.0 Å². The zero-order chi connectivity index (χ0) is 16.7. The lowest BCUT2D eigenvalue weighted by Gasteiger charge is -2.18. The lowest BCUT2D eigenvalue weighted by atomic mass is 9.89. The van der Waals surface area contributed by atoms with E-state index in [9.17, 15) is 0 Å². The molecule has 0 aromatic carbocycles. The molecule has 9 heteroatoms. The van der Waals surface area contributed by atoms with E-state index in [2.05, 4.69) is 31.8 Å². The summed E-state index contributed by atoms with van der Waals surface area (Å²) in [5.74, 6) is 2.14. The van der Waals surface area contributed by atoms with Gasteiger partial charge in [0.05, 0.1) is 5.75 Å². The van der Waals surface area contributed by atoms with E-state index in [1.807, 2.05) is 0 Å². The molecule has 0 unspecified atom stereocenters. The number of hydrogen-bond donors (Lipinski definition) is 2. The van der Waals surface area contributed by atoms with Crippen LogP contribution >= 0.6 is 23.1 Å². The maximum atomic E-state index is 5.63. The highest BCUT2D eigenvalue weighted by atomic mass is 32.2. The molecule has 0 fully saturated rings. The Hall–Kier alpha value is -2.00. The molecule has 1 aliphatic carbocycles. The van der Waals surface area contributed by atoms with E-state index in [1.54, 1.807) is 29.4 Å². The number of nitrogens with zero attached hydrogens (tertiary/aromatic N) is 5. The smallest absolute Gasteiger partial charge is 0.225 e. The molecule has 124 valence electrons. The topological polar surface area (TPSA) is 116 Å². The Balaban J connectivity index is 1.67. The summed E-state index contributed by atoms with van der Waals surface area (Å²) in [6.45, 7) is 2.31. The minimum absolute atomic E-state index is 0.146. The van der Waals surface area contributed by atoms with Gasteiger partial charge in [0.15, 0.2) is 0 Å². The zero-order valence-electron chi connectivity index (χ0n) is 13.2. The number of hydrogen-bond acceptors (Lipinski definition) is 9. The minimum Gasteiger partial charge on any atom is -0.368 e. The Kier molecular flexibility index (Phi) is 3.97. The standard InChI is InChI=1S/C15H17N7S2/c1-7-2-3-8-9(4-7)24-13-11(8)12(18-6-19-13)23-5-10-20-14(16)22-15(17)21-10/h6-7H,2-5H2,1H3,(H4,16,17,20,21,22)/t7-/m0/s1. The molecule has 24 heavy (non-hydrogen) atoms. The molecule has 3 heterocycles. The fourth-order valence-electron chi connectivity index (χ4n) is 3.01. The van der Waals surface area contributed by atoms with Gasteiger partial charge in [-0.25, -0.2) is 9.97 Å². The summed E-state index contributed by atoms with van der Waals surface area (Å²) in [6.07, 6.45) is 5.09. The van der Waals surface area contributed by atoms with Crippen LogP contribution < -0.4 is 11.5 Å². The number of rotatable bonds is 3. The van der Waals surface area contributed by atoms with Crippen LogP contribution in [0.2, 0.25) is 0 Å². The van der Waals surface area contributed by atoms with Crippen LogP contribution in [0.15, 0.2) is 11.4 Å². The summed E-state index contributed by atoms with van der Waals surface area (Å²) in [6, 6.07) is 0. The second kappa shape index (κ2) is 6.14. The van der Waals surface area contributed by atoms with Gasteiger partial charge in [-0.1, -0.05) is 18.7 Å². The highest BCUT2D eigenvalue weighted by Gasteiger charge is 2.23. The predicted octanol–water partition coefficient (Wildman–Crippen LogP) is 2.46. The third kappa shape index (κ3) is 2.89. The number of aryl methyl sites for hydroxylation is 1. The van der Waals surface area contributed by atoms with Crippen molar-refractivity contribution in [3.63, 3.8) is 0 Å². The molecule has 4 N–H and O–H groups in total. The van der Waals surface area contributed by atoms with E-state index < -0.39 is 0 Å². The molecule has 1 atom stereocenters. The number of nitrogens with two attached hydrogens (primary N) is 2. The number of thioether (sulfide) groups is 1. The van der Waals surface area contributed by atoms with Crippen molar-refractivity contribution >= 4 is 45.2 Å². The van der Waals surface area contributed by atoms with Crippen LogP contribution in [0.3, 0.4) is 0 Å². The van der Waals surface area contributed by atoms with Gasteiger partial charge in [-0.3, -0.25) is 0 Å². The third-order valence-electron chi connectivity index (χ3n) is 4.11. The van der Waals surface area contributed by atoms with E-state index >= 15 is 0 Å². The first-order valence-electron chi connectivity index (χ1n) is 7.74. The van der Waals surface area contributed by atoms with Crippen molar-refractivity contribution < 1.29 is 0 Å². The molecule has 4 rings (SSSR count). The average molecular weight is 359 g/mol. The maximum absolute atomic E-state index is 5.63. The largest absolute Gasteiger partial charge is 0.368 e. The van der Waals surface area contributed by atoms with Crippen molar-refractivity contribution in [1.82, 2.24) is 24.9 Å². The first-order chi connectivity index (χ1) is 11.6. The Morgan fingerprint density at radius 3 is 2.79 bits per heavy atom. The number of nitrogen functional groups attached to an aromatic ring is 2. The summed E-state index contributed by atoms with van der Waals surface area (Å²) < 4.78 is 0. The number of anilines is 2. The number of thiophene rings is 1. The van der Waals surface area contributed by atoms with E-state index in [0.29, 0.717) is 11.6 Å². The van der Waals surface area contributed by atoms with Gasteiger partial charge in [-0.05, 0) is 30.7 Å². The van der Waals surface area contributed by atoms with Crippen LogP contribution in [-0.4, -0.2) is 24.9 Å². The second-order valence-corrected chi connectivity index (χ2v) is 8.02. The molecule has 3 aromatic rings. The molecule has 0 saturated carbocycles. The van der Waals surface area contributed by atoms with Gasteiger partial charge in [0.1, 0.15) is 22.0 Å². The second-order valence-electron chi connectivity index (χ2n) is 5.97.